The molecular formula is C21H15ClN4O5. The van der Waals surface area contributed by atoms with Crippen LogP contribution in [0.1, 0.15) is 12.0 Å². The molecule has 9 nitrogen and oxygen atoms in total. The Morgan fingerprint density at radius 2 is 1.87 bits per heavy atom. The highest BCUT2D eigenvalue weighted by atomic mass is 35.5. The van der Waals surface area contributed by atoms with Gasteiger partial charge in [0, 0.05) is 12.1 Å². The molecule has 0 spiro atoms. The van der Waals surface area contributed by atoms with Gasteiger partial charge in [0.25, 0.3) is 17.5 Å². The summed E-state index contributed by atoms with van der Waals surface area (Å²) in [6, 6.07) is 7.46. The van der Waals surface area contributed by atoms with Gasteiger partial charge in [0.1, 0.15) is 11.9 Å². The summed E-state index contributed by atoms with van der Waals surface area (Å²) in [4.78, 5) is 39.3. The molecule has 0 N–H and O–H groups in total. The van der Waals surface area contributed by atoms with Gasteiger partial charge < -0.3 is 4.74 Å². The van der Waals surface area contributed by atoms with Crippen molar-refractivity contribution in [3.63, 3.8) is 0 Å². The van der Waals surface area contributed by atoms with Gasteiger partial charge in [0.05, 0.1) is 28.0 Å². The lowest BCUT2D eigenvalue weighted by atomic mass is 9.85. The minimum Gasteiger partial charge on any atom is -0.437 e. The number of aromatic nitrogens is 1. The van der Waals surface area contributed by atoms with E-state index in [2.05, 4.69) is 10.1 Å². The van der Waals surface area contributed by atoms with Crippen LogP contribution in [-0.2, 0) is 9.59 Å². The Morgan fingerprint density at radius 3 is 2.45 bits per heavy atom. The molecule has 1 saturated carbocycles. The molecular weight excluding hydrogens is 424 g/mol. The molecule has 156 valence electrons. The fourth-order valence-corrected chi connectivity index (χ4v) is 4.69. The Labute approximate surface area is 181 Å². The van der Waals surface area contributed by atoms with Crippen LogP contribution in [0.25, 0.3) is 0 Å². The van der Waals surface area contributed by atoms with E-state index in [9.17, 15) is 19.7 Å². The van der Waals surface area contributed by atoms with Crippen LogP contribution in [-0.4, -0.2) is 32.9 Å². The number of nitro groups is 1. The van der Waals surface area contributed by atoms with E-state index in [0.29, 0.717) is 11.3 Å². The van der Waals surface area contributed by atoms with Gasteiger partial charge in [-0.25, -0.2) is 4.98 Å². The standard InChI is InChI=1S/C21H15ClN4O5/c22-15-7-11(1-5-16(15)31-17-6-4-14(10-23-17)26(29)30)9-24-25-20(27)18-12-2-3-13(8-12)19(18)21(25)28/h1-7,9-10,12-13,18-19H,8H2/t12-,13-,18-,19+/m0/s1. The average molecular weight is 439 g/mol. The molecule has 1 aromatic carbocycles. The number of hydrogen-bond acceptors (Lipinski definition) is 7. The molecule has 2 bridgehead atoms. The van der Waals surface area contributed by atoms with E-state index in [1.807, 2.05) is 12.2 Å². The van der Waals surface area contributed by atoms with Crippen LogP contribution in [0.3, 0.4) is 0 Å². The highest BCUT2D eigenvalue weighted by Gasteiger charge is 2.59. The van der Waals surface area contributed by atoms with Gasteiger partial charge in [-0.15, -0.1) is 0 Å². The molecule has 0 radical (unpaired) electrons. The van der Waals surface area contributed by atoms with Gasteiger partial charge in [-0.3, -0.25) is 19.7 Å². The van der Waals surface area contributed by atoms with Crippen LogP contribution in [0.15, 0.2) is 53.8 Å². The third kappa shape index (κ3) is 3.27. The molecule has 5 rings (SSSR count). The molecule has 2 heterocycles. The minimum absolute atomic E-state index is 0.130. The first-order valence-electron chi connectivity index (χ1n) is 9.60. The normalized spacial score (nSPS) is 26.2. The molecule has 0 unspecified atom stereocenters. The predicted molar refractivity (Wildman–Crippen MR) is 110 cm³/mol. The van der Waals surface area contributed by atoms with Gasteiger partial charge in [-0.1, -0.05) is 23.8 Å². The van der Waals surface area contributed by atoms with E-state index in [4.69, 9.17) is 16.3 Å². The van der Waals surface area contributed by atoms with Crippen molar-refractivity contribution in [3.8, 4) is 11.6 Å². The lowest BCUT2D eigenvalue weighted by Crippen LogP contribution is -2.28. The summed E-state index contributed by atoms with van der Waals surface area (Å²) >= 11 is 6.26. The van der Waals surface area contributed by atoms with Crippen LogP contribution in [0.2, 0.25) is 5.02 Å². The van der Waals surface area contributed by atoms with Crippen molar-refractivity contribution in [2.24, 2.45) is 28.8 Å². The third-order valence-corrected chi connectivity index (χ3v) is 6.17. The number of fused-ring (bicyclic) bond motifs is 5. The first-order valence-corrected chi connectivity index (χ1v) is 9.98. The van der Waals surface area contributed by atoms with E-state index >= 15 is 0 Å². The summed E-state index contributed by atoms with van der Waals surface area (Å²) in [5.41, 5.74) is 0.428. The number of carbonyl (C=O) groups is 2. The maximum absolute atomic E-state index is 12.7. The van der Waals surface area contributed by atoms with Gasteiger partial charge in [-0.2, -0.15) is 10.1 Å². The van der Waals surface area contributed by atoms with Gasteiger partial charge in [-0.05, 0) is 42.0 Å². The monoisotopic (exact) mass is 438 g/mol. The molecule has 3 aliphatic rings. The summed E-state index contributed by atoms with van der Waals surface area (Å²) in [5.74, 6) is -0.392. The zero-order chi connectivity index (χ0) is 21.7. The van der Waals surface area contributed by atoms with Crippen molar-refractivity contribution in [1.82, 2.24) is 9.99 Å². The third-order valence-electron chi connectivity index (χ3n) is 5.87. The largest absolute Gasteiger partial charge is 0.437 e. The zero-order valence-electron chi connectivity index (χ0n) is 15.9. The molecule has 31 heavy (non-hydrogen) atoms. The van der Waals surface area contributed by atoms with E-state index < -0.39 is 4.92 Å². The molecule has 1 saturated heterocycles. The molecule has 1 aromatic heterocycles. The van der Waals surface area contributed by atoms with Crippen LogP contribution in [0, 0.1) is 33.8 Å². The minimum atomic E-state index is -0.553. The number of hydrazone groups is 1. The van der Waals surface area contributed by atoms with Crippen molar-refractivity contribution in [1.29, 1.82) is 0 Å². The van der Waals surface area contributed by atoms with Crippen molar-refractivity contribution in [2.75, 3.05) is 0 Å². The lowest BCUT2D eigenvalue weighted by Gasteiger charge is -2.13. The van der Waals surface area contributed by atoms with Crippen LogP contribution in [0.4, 0.5) is 5.69 Å². The van der Waals surface area contributed by atoms with E-state index in [-0.39, 0.29) is 52.1 Å². The van der Waals surface area contributed by atoms with Gasteiger partial charge in [0.2, 0.25) is 5.88 Å². The predicted octanol–water partition coefficient (Wildman–Crippen LogP) is 3.58. The van der Waals surface area contributed by atoms with E-state index in [0.717, 1.165) is 17.6 Å². The maximum Gasteiger partial charge on any atom is 0.287 e. The molecule has 2 amide bonds. The Kier molecular flexibility index (Phi) is 4.55. The summed E-state index contributed by atoms with van der Waals surface area (Å²) in [6.45, 7) is 0. The number of imide groups is 1. The number of pyridine rings is 1. The summed E-state index contributed by atoms with van der Waals surface area (Å²) in [6.07, 6.45) is 7.42. The second-order valence-electron chi connectivity index (χ2n) is 7.64. The van der Waals surface area contributed by atoms with E-state index in [1.54, 1.807) is 18.2 Å². The maximum atomic E-state index is 12.7. The summed E-state index contributed by atoms with van der Waals surface area (Å²) in [5, 5.41) is 16.0. The average Bonchev–Trinajstić information content (AvgIpc) is 3.43. The number of benzene rings is 1. The Hall–Kier alpha value is -3.59. The molecule has 2 aromatic rings. The Bertz CT molecular complexity index is 1130. The number of nitrogens with zero attached hydrogens (tertiary/aromatic N) is 4. The zero-order valence-corrected chi connectivity index (χ0v) is 16.7. The van der Waals surface area contributed by atoms with Crippen LogP contribution in [0.5, 0.6) is 11.6 Å². The van der Waals surface area contributed by atoms with Crippen LogP contribution >= 0.6 is 11.6 Å². The number of rotatable bonds is 5. The number of amides is 2. The Balaban J connectivity index is 1.29. The number of halogens is 1. The fourth-order valence-electron chi connectivity index (χ4n) is 4.46. The number of hydrogen-bond donors (Lipinski definition) is 0. The van der Waals surface area contributed by atoms with Crippen LogP contribution < -0.4 is 4.74 Å². The molecule has 2 aliphatic carbocycles. The van der Waals surface area contributed by atoms with E-state index in [1.165, 1.54) is 18.3 Å². The summed E-state index contributed by atoms with van der Waals surface area (Å²) in [7, 11) is 0. The molecule has 1 aliphatic heterocycles. The van der Waals surface area contributed by atoms with Crippen molar-refractivity contribution < 1.29 is 19.2 Å². The second kappa shape index (κ2) is 7.28. The Morgan fingerprint density at radius 1 is 1.16 bits per heavy atom. The SMILES string of the molecule is O=C1[C@@H]2[C@H](C(=O)N1N=Cc1ccc(Oc3ccc([N+](=O)[O-])cn3)c(Cl)c1)[C@H]1C=C[C@H]2C1. The second-order valence-corrected chi connectivity index (χ2v) is 8.04. The molecule has 2 fully saturated rings. The smallest absolute Gasteiger partial charge is 0.287 e. The first-order chi connectivity index (χ1) is 14.9. The number of carbonyl (C=O) groups excluding carboxylic acids is 2. The number of ether oxygens (including phenoxy) is 1. The van der Waals surface area contributed by atoms with Crippen molar-refractivity contribution in [2.45, 2.75) is 6.42 Å². The summed E-state index contributed by atoms with van der Waals surface area (Å²) < 4.78 is 5.56. The highest BCUT2D eigenvalue weighted by Crippen LogP contribution is 2.52. The first kappa shape index (κ1) is 19.4. The quantitative estimate of drug-likeness (QED) is 0.232. The molecule has 4 atom stereocenters. The molecule has 10 heteroatoms. The van der Waals surface area contributed by atoms with Crippen molar-refractivity contribution >= 4 is 35.3 Å². The fraction of sp³-hybridized carbons (Fsp3) is 0.238. The number of allylic oxidation sites excluding steroid dienone is 2. The topological polar surface area (TPSA) is 115 Å². The van der Waals surface area contributed by atoms with Gasteiger partial charge >= 0.3 is 0 Å². The highest BCUT2D eigenvalue weighted by molar-refractivity contribution is 6.32. The van der Waals surface area contributed by atoms with Gasteiger partial charge in [0.15, 0.2) is 0 Å². The lowest BCUT2D eigenvalue weighted by molar-refractivity contribution is -0.385. The van der Waals surface area contributed by atoms with Crippen molar-refractivity contribution in [3.05, 3.63) is 69.4 Å².